The Morgan fingerprint density at radius 1 is 1.13 bits per heavy atom. The van der Waals surface area contributed by atoms with Crippen molar-refractivity contribution in [3.8, 4) is 0 Å². The van der Waals surface area contributed by atoms with E-state index in [4.69, 9.17) is 5.73 Å². The first-order valence-electron chi connectivity index (χ1n) is 7.34. The molecule has 2 N–H and O–H groups in total. The number of nitrogens with zero attached hydrogens (tertiary/aromatic N) is 1. The molecule has 0 fully saturated rings. The molecule has 1 atom stereocenters. The molecule has 1 aliphatic heterocycles. The van der Waals surface area contributed by atoms with E-state index in [0.717, 1.165) is 16.7 Å². The van der Waals surface area contributed by atoms with E-state index in [2.05, 4.69) is 0 Å². The molecule has 23 heavy (non-hydrogen) atoms. The fraction of sp³-hybridized carbons (Fsp3) is 0.235. The molecule has 0 saturated heterocycles. The summed E-state index contributed by atoms with van der Waals surface area (Å²) in [5.41, 5.74) is 8.19. The highest BCUT2D eigenvalue weighted by atomic mass is 32.2. The minimum absolute atomic E-state index is 0.153. The van der Waals surface area contributed by atoms with E-state index < -0.39 is 22.0 Å². The molecule has 3 rings (SSSR count). The Kier molecular flexibility index (Phi) is 3.95. The summed E-state index contributed by atoms with van der Waals surface area (Å²) >= 11 is 0. The smallest absolute Gasteiger partial charge is 0.244 e. The molecule has 0 aliphatic carbocycles. The van der Waals surface area contributed by atoms with E-state index in [0.29, 0.717) is 6.42 Å². The number of primary amides is 1. The van der Waals surface area contributed by atoms with Crippen LogP contribution in [0.1, 0.15) is 16.7 Å². The van der Waals surface area contributed by atoms with Crippen LogP contribution >= 0.6 is 0 Å². The lowest BCUT2D eigenvalue weighted by Crippen LogP contribution is -2.51. The van der Waals surface area contributed by atoms with Crippen molar-refractivity contribution in [2.24, 2.45) is 5.73 Å². The molecule has 5 nitrogen and oxygen atoms in total. The summed E-state index contributed by atoms with van der Waals surface area (Å²) in [4.78, 5) is 12.0. The third kappa shape index (κ3) is 2.87. The van der Waals surface area contributed by atoms with Gasteiger partial charge in [-0.15, -0.1) is 0 Å². The Morgan fingerprint density at radius 2 is 1.83 bits per heavy atom. The third-order valence-corrected chi connectivity index (χ3v) is 5.98. The fourth-order valence-corrected chi connectivity index (χ4v) is 4.58. The van der Waals surface area contributed by atoms with Crippen LogP contribution in [-0.2, 0) is 27.8 Å². The SMILES string of the molecule is Cc1cccc(S(=O)(=O)N2Cc3ccccc3C[C@H]2C(N)=O)c1. The highest BCUT2D eigenvalue weighted by Crippen LogP contribution is 2.29. The van der Waals surface area contributed by atoms with Crippen LogP contribution in [0.15, 0.2) is 53.4 Å². The Balaban J connectivity index is 2.07. The Hall–Kier alpha value is -2.18. The first-order chi connectivity index (χ1) is 10.9. The topological polar surface area (TPSA) is 80.5 Å². The van der Waals surface area contributed by atoms with Crippen molar-refractivity contribution in [2.45, 2.75) is 30.8 Å². The molecule has 0 bridgehead atoms. The van der Waals surface area contributed by atoms with E-state index in [-0.39, 0.29) is 11.4 Å². The fourth-order valence-electron chi connectivity index (χ4n) is 2.91. The number of aryl methyl sites for hydroxylation is 1. The molecule has 6 heteroatoms. The predicted molar refractivity (Wildman–Crippen MR) is 87.0 cm³/mol. The largest absolute Gasteiger partial charge is 0.368 e. The van der Waals surface area contributed by atoms with E-state index >= 15 is 0 Å². The van der Waals surface area contributed by atoms with Crippen LogP contribution in [0, 0.1) is 6.92 Å². The zero-order valence-corrected chi connectivity index (χ0v) is 13.6. The van der Waals surface area contributed by atoms with Gasteiger partial charge in [0.1, 0.15) is 6.04 Å². The second-order valence-electron chi connectivity index (χ2n) is 5.76. The molecule has 0 unspecified atom stereocenters. The number of benzene rings is 2. The first kappa shape index (κ1) is 15.7. The quantitative estimate of drug-likeness (QED) is 0.928. The summed E-state index contributed by atoms with van der Waals surface area (Å²) in [6.07, 6.45) is 0.302. The number of amides is 1. The van der Waals surface area contributed by atoms with Crippen molar-refractivity contribution in [2.75, 3.05) is 0 Å². The number of hydrogen-bond acceptors (Lipinski definition) is 3. The van der Waals surface area contributed by atoms with Crippen molar-refractivity contribution < 1.29 is 13.2 Å². The van der Waals surface area contributed by atoms with Gasteiger partial charge in [-0.25, -0.2) is 8.42 Å². The van der Waals surface area contributed by atoms with E-state index in [1.165, 1.54) is 4.31 Å². The van der Waals surface area contributed by atoms with Crippen LogP contribution in [0.3, 0.4) is 0 Å². The van der Waals surface area contributed by atoms with Crippen molar-refractivity contribution in [1.29, 1.82) is 0 Å². The maximum Gasteiger partial charge on any atom is 0.244 e. The Morgan fingerprint density at radius 3 is 2.48 bits per heavy atom. The molecule has 2 aromatic carbocycles. The van der Waals surface area contributed by atoms with Gasteiger partial charge in [0.25, 0.3) is 0 Å². The Labute approximate surface area is 135 Å². The van der Waals surface area contributed by atoms with E-state index in [1.807, 2.05) is 37.3 Å². The molecule has 1 aliphatic rings. The lowest BCUT2D eigenvalue weighted by Gasteiger charge is -2.34. The number of sulfonamides is 1. The number of carbonyl (C=O) groups is 1. The second kappa shape index (κ2) is 5.79. The van der Waals surface area contributed by atoms with Crippen molar-refractivity contribution >= 4 is 15.9 Å². The summed E-state index contributed by atoms with van der Waals surface area (Å²) in [5.74, 6) is -0.629. The van der Waals surface area contributed by atoms with Gasteiger partial charge in [0.2, 0.25) is 15.9 Å². The number of fused-ring (bicyclic) bond motifs is 1. The van der Waals surface area contributed by atoms with Crippen LogP contribution in [0.5, 0.6) is 0 Å². The minimum atomic E-state index is -3.79. The van der Waals surface area contributed by atoms with Crippen LogP contribution in [0.2, 0.25) is 0 Å². The molecule has 0 aromatic heterocycles. The molecule has 0 saturated carbocycles. The molecule has 1 heterocycles. The van der Waals surface area contributed by atoms with Crippen LogP contribution in [0.25, 0.3) is 0 Å². The van der Waals surface area contributed by atoms with Gasteiger partial charge in [-0.3, -0.25) is 4.79 Å². The lowest BCUT2D eigenvalue weighted by atomic mass is 9.96. The second-order valence-corrected chi connectivity index (χ2v) is 7.65. The zero-order valence-electron chi connectivity index (χ0n) is 12.8. The summed E-state index contributed by atoms with van der Waals surface area (Å²) in [6, 6.07) is 13.3. The average molecular weight is 330 g/mol. The van der Waals surface area contributed by atoms with Crippen LogP contribution < -0.4 is 5.73 Å². The predicted octanol–water partition coefficient (Wildman–Crippen LogP) is 1.60. The monoisotopic (exact) mass is 330 g/mol. The molecule has 0 radical (unpaired) electrons. The third-order valence-electron chi connectivity index (χ3n) is 4.13. The van der Waals surface area contributed by atoms with Gasteiger partial charge in [0.05, 0.1) is 4.90 Å². The molecule has 1 amide bonds. The summed E-state index contributed by atoms with van der Waals surface area (Å²) < 4.78 is 27.2. The van der Waals surface area contributed by atoms with Gasteiger partial charge < -0.3 is 5.73 Å². The zero-order chi connectivity index (χ0) is 16.6. The van der Waals surface area contributed by atoms with Gasteiger partial charge >= 0.3 is 0 Å². The molecular weight excluding hydrogens is 312 g/mol. The molecule has 120 valence electrons. The van der Waals surface area contributed by atoms with Crippen LogP contribution in [-0.4, -0.2) is 24.7 Å². The van der Waals surface area contributed by atoms with Gasteiger partial charge in [-0.1, -0.05) is 36.4 Å². The van der Waals surface area contributed by atoms with Crippen LogP contribution in [0.4, 0.5) is 0 Å². The van der Waals surface area contributed by atoms with Gasteiger partial charge in [0.15, 0.2) is 0 Å². The van der Waals surface area contributed by atoms with Gasteiger partial charge in [-0.2, -0.15) is 4.31 Å². The standard InChI is InChI=1S/C17H18N2O3S/c1-12-5-4-8-15(9-12)23(21,22)19-11-14-7-3-2-6-13(14)10-16(19)17(18)20/h2-9,16H,10-11H2,1H3,(H2,18,20)/t16-/m0/s1. The van der Waals surface area contributed by atoms with E-state index in [1.54, 1.807) is 18.2 Å². The summed E-state index contributed by atoms with van der Waals surface area (Å²) in [6.45, 7) is 1.98. The number of nitrogens with two attached hydrogens (primary N) is 1. The first-order valence-corrected chi connectivity index (χ1v) is 8.78. The van der Waals surface area contributed by atoms with Crippen molar-refractivity contribution in [3.63, 3.8) is 0 Å². The van der Waals surface area contributed by atoms with Crippen molar-refractivity contribution in [1.82, 2.24) is 4.31 Å². The van der Waals surface area contributed by atoms with E-state index in [9.17, 15) is 13.2 Å². The highest BCUT2D eigenvalue weighted by Gasteiger charge is 2.38. The summed E-state index contributed by atoms with van der Waals surface area (Å²) in [7, 11) is -3.79. The van der Waals surface area contributed by atoms with Gasteiger partial charge in [-0.05, 0) is 42.2 Å². The molecule has 0 spiro atoms. The number of carbonyl (C=O) groups excluding carboxylic acids is 1. The Bertz CT molecular complexity index is 862. The van der Waals surface area contributed by atoms with Gasteiger partial charge in [0, 0.05) is 6.54 Å². The maximum atomic E-state index is 13.0. The summed E-state index contributed by atoms with van der Waals surface area (Å²) in [5, 5.41) is 0. The maximum absolute atomic E-state index is 13.0. The normalized spacial score (nSPS) is 18.4. The average Bonchev–Trinajstić information content (AvgIpc) is 2.53. The highest BCUT2D eigenvalue weighted by molar-refractivity contribution is 7.89. The molecular formula is C17H18N2O3S. The lowest BCUT2D eigenvalue weighted by molar-refractivity contribution is -0.122. The number of rotatable bonds is 3. The molecule has 2 aromatic rings. The minimum Gasteiger partial charge on any atom is -0.368 e. The van der Waals surface area contributed by atoms with Crippen molar-refractivity contribution in [3.05, 3.63) is 65.2 Å². The number of hydrogen-bond donors (Lipinski definition) is 1.